The molecule has 1 aromatic rings. The van der Waals surface area contributed by atoms with E-state index in [2.05, 4.69) is 30.8 Å². The molecule has 0 amide bonds. The van der Waals surface area contributed by atoms with Crippen molar-refractivity contribution >= 4 is 19.4 Å². The van der Waals surface area contributed by atoms with Crippen LogP contribution in [-0.2, 0) is 0 Å². The average Bonchev–Trinajstić information content (AvgIpc) is 2.31. The molecule has 0 bridgehead atoms. The van der Waals surface area contributed by atoms with Crippen molar-refractivity contribution < 1.29 is 5.11 Å². The maximum atomic E-state index is 10.5. The van der Waals surface area contributed by atoms with Crippen LogP contribution in [0, 0.1) is 0 Å². The molecule has 1 nitrogen and oxygen atoms in total. The number of aliphatic hydroxyl groups is 1. The van der Waals surface area contributed by atoms with Gasteiger partial charge in [-0.2, -0.15) is 0 Å². The first-order chi connectivity index (χ1) is 7.71. The molecule has 0 heterocycles. The first-order valence-electron chi connectivity index (χ1n) is 5.85. The molecule has 1 fully saturated rings. The Morgan fingerprint density at radius 2 is 1.75 bits per heavy atom. The number of hydrogen-bond acceptors (Lipinski definition) is 1. The molecule has 0 aliphatic heterocycles. The normalized spacial score (nSPS) is 19.3. The van der Waals surface area contributed by atoms with E-state index in [-0.39, 0.29) is 15.0 Å². The second-order valence-corrected chi connectivity index (χ2v) is 6.88. The van der Waals surface area contributed by atoms with Crippen LogP contribution < -0.4 is 4.46 Å². The van der Waals surface area contributed by atoms with Crippen molar-refractivity contribution in [3.63, 3.8) is 0 Å². The predicted molar refractivity (Wildman–Crippen MR) is 69.0 cm³/mol. The van der Waals surface area contributed by atoms with Gasteiger partial charge in [0.1, 0.15) is 0 Å². The van der Waals surface area contributed by atoms with Crippen LogP contribution in [0.25, 0.3) is 0 Å². The molecule has 2 rings (SSSR count). The summed E-state index contributed by atoms with van der Waals surface area (Å²) in [5.74, 6) is 0. The summed E-state index contributed by atoms with van der Waals surface area (Å²) in [6.45, 7) is 4.12. The van der Waals surface area contributed by atoms with Gasteiger partial charge in [0.15, 0.2) is 0 Å². The summed E-state index contributed by atoms with van der Waals surface area (Å²) in [4.78, 5) is 0. The molecule has 2 heteroatoms. The summed E-state index contributed by atoms with van der Waals surface area (Å²) >= 11 is 0.202. The molecule has 0 saturated heterocycles. The Balaban J connectivity index is 2.02. The number of benzene rings is 1. The predicted octanol–water partition coefficient (Wildman–Crippen LogP) is 2.23. The van der Waals surface area contributed by atoms with Gasteiger partial charge in [-0.15, -0.1) is 0 Å². The van der Waals surface area contributed by atoms with Crippen LogP contribution in [0.3, 0.4) is 0 Å². The monoisotopic (exact) mass is 282 g/mol. The van der Waals surface area contributed by atoms with E-state index in [0.29, 0.717) is 0 Å². The molecular formula is C14H18OSe. The van der Waals surface area contributed by atoms with Gasteiger partial charge in [0.25, 0.3) is 0 Å². The SMILES string of the molecule is C=C([Se]c1ccccc1)C1(O)CCCCC1. The van der Waals surface area contributed by atoms with E-state index in [4.69, 9.17) is 0 Å². The minimum absolute atomic E-state index is 0.202. The van der Waals surface area contributed by atoms with Crippen LogP contribution in [0.5, 0.6) is 0 Å². The van der Waals surface area contributed by atoms with E-state index in [9.17, 15) is 5.11 Å². The summed E-state index contributed by atoms with van der Waals surface area (Å²) in [7, 11) is 0. The molecule has 1 aromatic carbocycles. The van der Waals surface area contributed by atoms with E-state index in [0.717, 1.165) is 30.2 Å². The topological polar surface area (TPSA) is 20.2 Å². The third-order valence-corrected chi connectivity index (χ3v) is 5.56. The van der Waals surface area contributed by atoms with Crippen molar-refractivity contribution in [3.8, 4) is 0 Å². The van der Waals surface area contributed by atoms with Crippen LogP contribution in [0.4, 0.5) is 0 Å². The Morgan fingerprint density at radius 3 is 2.38 bits per heavy atom. The van der Waals surface area contributed by atoms with Crippen LogP contribution in [0.1, 0.15) is 32.1 Å². The maximum absolute atomic E-state index is 10.5. The van der Waals surface area contributed by atoms with E-state index in [1.54, 1.807) is 0 Å². The molecule has 16 heavy (non-hydrogen) atoms. The zero-order chi connectivity index (χ0) is 11.4. The molecule has 1 aliphatic rings. The first kappa shape index (κ1) is 11.9. The summed E-state index contributed by atoms with van der Waals surface area (Å²) in [5.41, 5.74) is -0.575. The van der Waals surface area contributed by atoms with Crippen LogP contribution in [-0.4, -0.2) is 25.7 Å². The quantitative estimate of drug-likeness (QED) is 0.842. The summed E-state index contributed by atoms with van der Waals surface area (Å²) in [5, 5.41) is 10.5. The van der Waals surface area contributed by atoms with Crippen molar-refractivity contribution in [2.24, 2.45) is 0 Å². The Hall–Kier alpha value is -0.561. The fraction of sp³-hybridized carbons (Fsp3) is 0.429. The van der Waals surface area contributed by atoms with Gasteiger partial charge in [-0.25, -0.2) is 0 Å². The minimum atomic E-state index is -0.575. The molecule has 0 radical (unpaired) electrons. The van der Waals surface area contributed by atoms with Gasteiger partial charge in [-0.3, -0.25) is 0 Å². The molecule has 86 valence electrons. The van der Waals surface area contributed by atoms with Gasteiger partial charge in [0.05, 0.1) is 0 Å². The van der Waals surface area contributed by atoms with E-state index in [1.165, 1.54) is 10.9 Å². The Kier molecular flexibility index (Phi) is 3.86. The second kappa shape index (κ2) is 5.18. The Morgan fingerprint density at radius 1 is 1.12 bits per heavy atom. The van der Waals surface area contributed by atoms with Gasteiger partial charge >= 0.3 is 104 Å². The molecule has 1 N–H and O–H groups in total. The molecular weight excluding hydrogens is 263 g/mol. The summed E-state index contributed by atoms with van der Waals surface area (Å²) in [6.07, 6.45) is 5.34. The van der Waals surface area contributed by atoms with Crippen molar-refractivity contribution in [1.29, 1.82) is 0 Å². The first-order valence-corrected chi connectivity index (χ1v) is 7.57. The molecule has 1 saturated carbocycles. The zero-order valence-corrected chi connectivity index (χ0v) is 11.2. The molecule has 0 aromatic heterocycles. The van der Waals surface area contributed by atoms with Crippen molar-refractivity contribution in [2.45, 2.75) is 37.7 Å². The van der Waals surface area contributed by atoms with Gasteiger partial charge in [-0.1, -0.05) is 0 Å². The van der Waals surface area contributed by atoms with E-state index < -0.39 is 5.60 Å². The third kappa shape index (κ3) is 2.76. The molecule has 0 atom stereocenters. The van der Waals surface area contributed by atoms with Crippen molar-refractivity contribution in [3.05, 3.63) is 41.4 Å². The number of hydrogen-bond donors (Lipinski definition) is 1. The van der Waals surface area contributed by atoms with Crippen LogP contribution >= 0.6 is 0 Å². The zero-order valence-electron chi connectivity index (χ0n) is 9.48. The van der Waals surface area contributed by atoms with E-state index >= 15 is 0 Å². The standard InChI is InChI=1S/C14H18OSe/c1-12(14(15)10-6-3-7-11-14)16-13-8-4-2-5-9-13/h2,4-5,8-9,15H,1,3,6-7,10-11H2. The van der Waals surface area contributed by atoms with Gasteiger partial charge in [0.2, 0.25) is 0 Å². The van der Waals surface area contributed by atoms with Gasteiger partial charge < -0.3 is 0 Å². The van der Waals surface area contributed by atoms with E-state index in [1.807, 2.05) is 6.07 Å². The van der Waals surface area contributed by atoms with Crippen molar-refractivity contribution in [2.75, 3.05) is 0 Å². The Labute approximate surface area is 104 Å². The van der Waals surface area contributed by atoms with Gasteiger partial charge in [-0.05, 0) is 0 Å². The molecule has 0 unspecified atom stereocenters. The third-order valence-electron chi connectivity index (χ3n) is 3.18. The average molecular weight is 281 g/mol. The second-order valence-electron chi connectivity index (χ2n) is 4.43. The van der Waals surface area contributed by atoms with Crippen molar-refractivity contribution in [1.82, 2.24) is 0 Å². The summed E-state index contributed by atoms with van der Waals surface area (Å²) < 4.78 is 2.35. The van der Waals surface area contributed by atoms with Gasteiger partial charge in [0, 0.05) is 0 Å². The number of rotatable bonds is 3. The Bertz CT molecular complexity index is 352. The van der Waals surface area contributed by atoms with Crippen LogP contribution in [0.15, 0.2) is 41.4 Å². The molecule has 0 spiro atoms. The molecule has 1 aliphatic carbocycles. The summed E-state index contributed by atoms with van der Waals surface area (Å²) in [6, 6.07) is 10.4. The fourth-order valence-corrected chi connectivity index (χ4v) is 4.18. The fourth-order valence-electron chi connectivity index (χ4n) is 2.14. The van der Waals surface area contributed by atoms with Crippen LogP contribution in [0.2, 0.25) is 0 Å².